The van der Waals surface area contributed by atoms with Crippen molar-refractivity contribution in [1.29, 1.82) is 0 Å². The lowest BCUT2D eigenvalue weighted by atomic mass is 10.0. The number of amides is 1. The minimum Gasteiger partial charge on any atom is -0.497 e. The molecule has 41 heavy (non-hydrogen) atoms. The van der Waals surface area contributed by atoms with Gasteiger partial charge in [-0.25, -0.2) is 9.07 Å². The molecular formula is C31H25F4N3O3. The highest BCUT2D eigenvalue weighted by molar-refractivity contribution is 5.94. The molecule has 0 fully saturated rings. The summed E-state index contributed by atoms with van der Waals surface area (Å²) in [6.45, 7) is 1.75. The van der Waals surface area contributed by atoms with Gasteiger partial charge in [-0.15, -0.1) is 0 Å². The molecule has 10 heteroatoms. The maximum Gasteiger partial charge on any atom is 0.416 e. The maximum absolute atomic E-state index is 13.4. The smallest absolute Gasteiger partial charge is 0.416 e. The van der Waals surface area contributed by atoms with Crippen molar-refractivity contribution in [3.05, 3.63) is 120 Å². The Morgan fingerprint density at radius 2 is 1.66 bits per heavy atom. The molecule has 4 aromatic carbocycles. The average molecular weight is 564 g/mol. The van der Waals surface area contributed by atoms with Gasteiger partial charge in [0.05, 0.1) is 36.1 Å². The summed E-state index contributed by atoms with van der Waals surface area (Å²) >= 11 is 0. The van der Waals surface area contributed by atoms with E-state index in [1.807, 2.05) is 12.1 Å². The molecule has 0 saturated carbocycles. The third kappa shape index (κ3) is 6.16. The molecule has 0 saturated heterocycles. The molecule has 0 bridgehead atoms. The number of ether oxygens (including phenoxy) is 2. The second-order valence-corrected chi connectivity index (χ2v) is 9.41. The van der Waals surface area contributed by atoms with Gasteiger partial charge in [-0.3, -0.25) is 4.79 Å². The molecule has 210 valence electrons. The van der Waals surface area contributed by atoms with E-state index in [1.165, 1.54) is 19.2 Å². The Morgan fingerprint density at radius 3 is 2.34 bits per heavy atom. The highest BCUT2D eigenvalue weighted by Gasteiger charge is 2.30. The molecule has 0 spiro atoms. The molecule has 5 rings (SSSR count). The molecule has 0 aliphatic rings. The summed E-state index contributed by atoms with van der Waals surface area (Å²) in [5, 5.41) is 8.04. The number of hydrogen-bond acceptors (Lipinski definition) is 4. The van der Waals surface area contributed by atoms with Crippen LogP contribution in [0.25, 0.3) is 16.6 Å². The van der Waals surface area contributed by atoms with Gasteiger partial charge in [0.1, 0.15) is 23.4 Å². The van der Waals surface area contributed by atoms with E-state index in [4.69, 9.17) is 9.47 Å². The number of carbonyl (C=O) groups excluding carboxylic acids is 1. The molecule has 0 aliphatic heterocycles. The summed E-state index contributed by atoms with van der Waals surface area (Å²) in [5.74, 6) is 0.204. The molecule has 5 aromatic rings. The Kier molecular flexibility index (Phi) is 7.65. The monoisotopic (exact) mass is 563 g/mol. The van der Waals surface area contributed by atoms with Crippen LogP contribution in [0.1, 0.15) is 34.5 Å². The van der Waals surface area contributed by atoms with E-state index in [0.717, 1.165) is 35.2 Å². The lowest BCUT2D eigenvalue weighted by Gasteiger charge is -2.27. The van der Waals surface area contributed by atoms with Gasteiger partial charge >= 0.3 is 6.18 Å². The topological polar surface area (TPSA) is 65.4 Å². The van der Waals surface area contributed by atoms with Crippen molar-refractivity contribution >= 4 is 16.8 Å². The first-order valence-corrected chi connectivity index (χ1v) is 12.6. The Hall–Kier alpha value is -4.86. The van der Waals surface area contributed by atoms with E-state index in [0.29, 0.717) is 22.7 Å². The van der Waals surface area contributed by atoms with Crippen LogP contribution in [0.4, 0.5) is 17.6 Å². The maximum atomic E-state index is 13.4. The largest absolute Gasteiger partial charge is 0.497 e. The number of nitrogens with one attached hydrogen (secondary N) is 1. The number of benzene rings is 4. The average Bonchev–Trinajstić information content (AvgIpc) is 3.39. The SMILES string of the molecule is COc1cccc([C@@H](Oc2ccc3c(cnn3-c3ccc(F)cc3)c2)[C@H](C)NC(=O)c2ccc(C(F)(F)F)cc2)c1. The van der Waals surface area contributed by atoms with E-state index >= 15 is 0 Å². The molecule has 1 amide bonds. The molecule has 0 radical (unpaired) electrons. The normalized spacial score (nSPS) is 13.0. The molecule has 1 heterocycles. The first kappa shape index (κ1) is 27.7. The number of carbonyl (C=O) groups is 1. The molecule has 1 aromatic heterocycles. The number of nitrogens with zero attached hydrogens (tertiary/aromatic N) is 2. The number of methoxy groups -OCH3 is 1. The molecule has 1 N–H and O–H groups in total. The summed E-state index contributed by atoms with van der Waals surface area (Å²) in [6, 6.07) is 22.0. The summed E-state index contributed by atoms with van der Waals surface area (Å²) in [7, 11) is 1.54. The Balaban J connectivity index is 1.41. The van der Waals surface area contributed by atoms with Crippen LogP contribution in [0.3, 0.4) is 0 Å². The zero-order chi connectivity index (χ0) is 29.1. The lowest BCUT2D eigenvalue weighted by Crippen LogP contribution is -2.39. The summed E-state index contributed by atoms with van der Waals surface area (Å²) in [4.78, 5) is 13.0. The number of fused-ring (bicyclic) bond motifs is 1. The van der Waals surface area contributed by atoms with Crippen molar-refractivity contribution in [3.63, 3.8) is 0 Å². The van der Waals surface area contributed by atoms with Gasteiger partial charge < -0.3 is 14.8 Å². The summed E-state index contributed by atoms with van der Waals surface area (Å²) < 4.78 is 65.7. The minimum absolute atomic E-state index is 0.0869. The standard InChI is InChI=1S/C31H25F4N3O3/c1-19(37-30(39)20-6-8-23(9-7-20)31(33,34)35)29(21-4-3-5-26(16-21)40-2)41-27-14-15-28-22(17-27)18-36-38(28)25-12-10-24(32)11-13-25/h3-19,29H,1-2H3,(H,37,39)/t19-,29-/m0/s1. The van der Waals surface area contributed by atoms with E-state index in [9.17, 15) is 22.4 Å². The number of hydrogen-bond donors (Lipinski definition) is 1. The molecule has 6 nitrogen and oxygen atoms in total. The Bertz CT molecular complexity index is 1670. The summed E-state index contributed by atoms with van der Waals surface area (Å²) in [6.07, 6.45) is -3.51. The van der Waals surface area contributed by atoms with E-state index in [-0.39, 0.29) is 11.4 Å². The Morgan fingerprint density at radius 1 is 0.927 bits per heavy atom. The van der Waals surface area contributed by atoms with E-state index < -0.39 is 29.8 Å². The predicted octanol–water partition coefficient (Wildman–Crippen LogP) is 7.13. The van der Waals surface area contributed by atoms with Gasteiger partial charge in [-0.05, 0) is 91.3 Å². The van der Waals surface area contributed by atoms with Crippen molar-refractivity contribution in [2.45, 2.75) is 25.2 Å². The van der Waals surface area contributed by atoms with Crippen LogP contribution in [0.15, 0.2) is 97.2 Å². The summed E-state index contributed by atoms with van der Waals surface area (Å²) in [5.41, 5.74) is 1.45. The zero-order valence-corrected chi connectivity index (χ0v) is 22.0. The molecular weight excluding hydrogens is 538 g/mol. The fourth-order valence-electron chi connectivity index (χ4n) is 4.47. The molecule has 0 aliphatic carbocycles. The van der Waals surface area contributed by atoms with Gasteiger partial charge in [0.15, 0.2) is 0 Å². The highest BCUT2D eigenvalue weighted by Crippen LogP contribution is 2.31. The van der Waals surface area contributed by atoms with Gasteiger partial charge in [0.2, 0.25) is 0 Å². The number of halogens is 4. The van der Waals surface area contributed by atoms with Crippen molar-refractivity contribution in [2.24, 2.45) is 0 Å². The number of alkyl halides is 3. The quantitative estimate of drug-likeness (QED) is 0.204. The lowest BCUT2D eigenvalue weighted by molar-refractivity contribution is -0.137. The van der Waals surface area contributed by atoms with Crippen molar-refractivity contribution in [3.8, 4) is 17.2 Å². The first-order chi connectivity index (χ1) is 19.6. The van der Waals surface area contributed by atoms with Crippen LogP contribution < -0.4 is 14.8 Å². The van der Waals surface area contributed by atoms with Crippen molar-refractivity contribution in [1.82, 2.24) is 15.1 Å². The fraction of sp³-hybridized carbons (Fsp3) is 0.161. The van der Waals surface area contributed by atoms with Crippen LogP contribution in [0, 0.1) is 5.82 Å². The Labute approximate surface area is 233 Å². The van der Waals surface area contributed by atoms with Crippen LogP contribution in [0.5, 0.6) is 11.5 Å². The third-order valence-corrected chi connectivity index (χ3v) is 6.58. The van der Waals surface area contributed by atoms with E-state index in [1.54, 1.807) is 60.3 Å². The van der Waals surface area contributed by atoms with Gasteiger partial charge in [0, 0.05) is 10.9 Å². The minimum atomic E-state index is -4.50. The number of aromatic nitrogens is 2. The van der Waals surface area contributed by atoms with Gasteiger partial charge in [-0.2, -0.15) is 18.3 Å². The highest BCUT2D eigenvalue weighted by atomic mass is 19.4. The van der Waals surface area contributed by atoms with Gasteiger partial charge in [-0.1, -0.05) is 12.1 Å². The second kappa shape index (κ2) is 11.3. The third-order valence-electron chi connectivity index (χ3n) is 6.58. The van der Waals surface area contributed by atoms with Crippen molar-refractivity contribution < 1.29 is 31.8 Å². The molecule has 0 unspecified atom stereocenters. The van der Waals surface area contributed by atoms with Crippen LogP contribution in [-0.4, -0.2) is 28.8 Å². The van der Waals surface area contributed by atoms with Crippen LogP contribution in [-0.2, 0) is 6.18 Å². The predicted molar refractivity (Wildman–Crippen MR) is 146 cm³/mol. The number of rotatable bonds is 8. The molecule has 2 atom stereocenters. The van der Waals surface area contributed by atoms with Gasteiger partial charge in [0.25, 0.3) is 5.91 Å². The van der Waals surface area contributed by atoms with E-state index in [2.05, 4.69) is 10.4 Å². The second-order valence-electron chi connectivity index (χ2n) is 9.41. The zero-order valence-electron chi connectivity index (χ0n) is 22.0. The van der Waals surface area contributed by atoms with Crippen LogP contribution >= 0.6 is 0 Å². The van der Waals surface area contributed by atoms with Crippen LogP contribution in [0.2, 0.25) is 0 Å². The first-order valence-electron chi connectivity index (χ1n) is 12.6. The fourth-order valence-corrected chi connectivity index (χ4v) is 4.47. The van der Waals surface area contributed by atoms with Crippen molar-refractivity contribution in [2.75, 3.05) is 7.11 Å².